The van der Waals surface area contributed by atoms with Gasteiger partial charge in [0.05, 0.1) is 17.0 Å². The van der Waals surface area contributed by atoms with Gasteiger partial charge in [-0.05, 0) is 40.7 Å². The van der Waals surface area contributed by atoms with Crippen molar-refractivity contribution in [3.63, 3.8) is 0 Å². The molecular formula is C16H23BO3. The highest BCUT2D eigenvalue weighted by molar-refractivity contribution is 6.53. The molecule has 1 aromatic rings. The van der Waals surface area contributed by atoms with Crippen LogP contribution in [0.2, 0.25) is 5.82 Å². The Balaban J connectivity index is 2.17. The molecule has 0 saturated carbocycles. The van der Waals surface area contributed by atoms with Gasteiger partial charge in [-0.25, -0.2) is 0 Å². The Bertz CT molecular complexity index is 506. The van der Waals surface area contributed by atoms with Crippen LogP contribution in [0.25, 0.3) is 0 Å². The molecule has 0 spiro atoms. The Kier molecular flexibility index (Phi) is 3.82. The minimum absolute atomic E-state index is 0.0622. The predicted molar refractivity (Wildman–Crippen MR) is 81.0 cm³/mol. The molecule has 0 aliphatic carbocycles. The summed E-state index contributed by atoms with van der Waals surface area (Å²) in [7, 11) is -0.493. The summed E-state index contributed by atoms with van der Waals surface area (Å²) in [6.07, 6.45) is 0. The maximum absolute atomic E-state index is 12.5. The number of aryl methyl sites for hydroxylation is 1. The maximum atomic E-state index is 12.5. The number of carbonyl (C=O) groups excluding carboxylic acids is 1. The third kappa shape index (κ3) is 2.67. The lowest BCUT2D eigenvalue weighted by atomic mass is 9.69. The van der Waals surface area contributed by atoms with Crippen molar-refractivity contribution < 1.29 is 14.1 Å². The third-order valence-corrected chi connectivity index (χ3v) is 4.40. The summed E-state index contributed by atoms with van der Waals surface area (Å²) < 4.78 is 11.9. The number of benzene rings is 1. The molecule has 20 heavy (non-hydrogen) atoms. The molecule has 1 aliphatic rings. The Hall–Kier alpha value is -1.13. The predicted octanol–water partition coefficient (Wildman–Crippen LogP) is 3.66. The molecule has 0 radical (unpaired) electrons. The zero-order chi connectivity index (χ0) is 15.1. The van der Waals surface area contributed by atoms with E-state index in [2.05, 4.69) is 0 Å². The molecule has 1 saturated heterocycles. The van der Waals surface area contributed by atoms with E-state index in [0.717, 1.165) is 5.56 Å². The number of hydrogen-bond donors (Lipinski definition) is 0. The van der Waals surface area contributed by atoms with E-state index in [4.69, 9.17) is 9.31 Å². The molecule has 1 atom stereocenters. The molecule has 0 aromatic heterocycles. The summed E-state index contributed by atoms with van der Waals surface area (Å²) in [5.41, 5.74) is 0.988. The van der Waals surface area contributed by atoms with Gasteiger partial charge in [-0.2, -0.15) is 0 Å². The van der Waals surface area contributed by atoms with Crippen LogP contribution in [0.3, 0.4) is 0 Å². The molecule has 2 rings (SSSR count). The van der Waals surface area contributed by atoms with Crippen molar-refractivity contribution in [3.8, 4) is 0 Å². The van der Waals surface area contributed by atoms with Crippen molar-refractivity contribution in [2.75, 3.05) is 0 Å². The fraction of sp³-hybridized carbons (Fsp3) is 0.562. The Morgan fingerprint density at radius 3 is 2.20 bits per heavy atom. The highest BCUT2D eigenvalue weighted by Gasteiger charge is 2.54. The molecule has 0 bridgehead atoms. The highest BCUT2D eigenvalue weighted by Crippen LogP contribution is 2.40. The van der Waals surface area contributed by atoms with Gasteiger partial charge in [0.2, 0.25) is 0 Å². The first-order valence-electron chi connectivity index (χ1n) is 7.10. The smallest absolute Gasteiger partial charge is 0.403 e. The SMILES string of the molecule is Cc1cccc(C(=O)C(C)B2OC(C)(C)C(C)(C)O2)c1. The monoisotopic (exact) mass is 274 g/mol. The van der Waals surface area contributed by atoms with Gasteiger partial charge >= 0.3 is 7.12 Å². The lowest BCUT2D eigenvalue weighted by molar-refractivity contribution is 0.00578. The first kappa shape index (κ1) is 15.3. The molecule has 1 aromatic carbocycles. The largest absolute Gasteiger partial charge is 0.469 e. The molecule has 1 fully saturated rings. The van der Waals surface area contributed by atoms with Gasteiger partial charge in [-0.15, -0.1) is 0 Å². The molecule has 108 valence electrons. The molecule has 1 aliphatic heterocycles. The van der Waals surface area contributed by atoms with Crippen molar-refractivity contribution in [3.05, 3.63) is 35.4 Å². The zero-order valence-corrected chi connectivity index (χ0v) is 13.2. The van der Waals surface area contributed by atoms with E-state index in [-0.39, 0.29) is 11.6 Å². The normalized spacial score (nSPS) is 21.8. The molecule has 1 heterocycles. The number of Topliss-reactive ketones (excluding diaryl/α,β-unsaturated/α-hetero) is 1. The van der Waals surface area contributed by atoms with Gasteiger partial charge in [-0.1, -0.05) is 30.7 Å². The minimum atomic E-state index is -0.493. The van der Waals surface area contributed by atoms with Gasteiger partial charge in [0.15, 0.2) is 5.78 Å². The van der Waals surface area contributed by atoms with Crippen LogP contribution in [0.4, 0.5) is 0 Å². The molecular weight excluding hydrogens is 251 g/mol. The van der Waals surface area contributed by atoms with Crippen LogP contribution in [-0.2, 0) is 9.31 Å². The number of hydrogen-bond acceptors (Lipinski definition) is 3. The quantitative estimate of drug-likeness (QED) is 0.623. The van der Waals surface area contributed by atoms with E-state index in [1.54, 1.807) is 0 Å². The third-order valence-electron chi connectivity index (χ3n) is 4.40. The van der Waals surface area contributed by atoms with Gasteiger partial charge in [-0.3, -0.25) is 4.79 Å². The van der Waals surface area contributed by atoms with Crippen molar-refractivity contribution in [2.45, 2.75) is 58.6 Å². The number of ketones is 1. The average molecular weight is 274 g/mol. The van der Waals surface area contributed by atoms with Crippen LogP contribution >= 0.6 is 0 Å². The topological polar surface area (TPSA) is 35.5 Å². The summed E-state index contributed by atoms with van der Waals surface area (Å²) in [5.74, 6) is -0.259. The lowest BCUT2D eigenvalue weighted by Gasteiger charge is -2.32. The molecule has 0 N–H and O–H groups in total. The van der Waals surface area contributed by atoms with Crippen LogP contribution in [-0.4, -0.2) is 24.1 Å². The lowest BCUT2D eigenvalue weighted by Crippen LogP contribution is -2.41. The number of carbonyl (C=O) groups is 1. The van der Waals surface area contributed by atoms with E-state index >= 15 is 0 Å². The van der Waals surface area contributed by atoms with E-state index in [1.165, 1.54) is 0 Å². The second-order valence-electron chi connectivity index (χ2n) is 6.65. The minimum Gasteiger partial charge on any atom is -0.403 e. The second kappa shape index (κ2) is 5.01. The fourth-order valence-electron chi connectivity index (χ4n) is 2.28. The summed E-state index contributed by atoms with van der Waals surface area (Å²) in [6.45, 7) is 11.8. The Morgan fingerprint density at radius 2 is 1.70 bits per heavy atom. The van der Waals surface area contributed by atoms with E-state index in [1.807, 2.05) is 65.8 Å². The summed E-state index contributed by atoms with van der Waals surface area (Å²) in [4.78, 5) is 12.5. The van der Waals surface area contributed by atoms with Crippen molar-refractivity contribution in [1.82, 2.24) is 0 Å². The molecule has 4 heteroatoms. The standard InChI is InChI=1S/C16H23BO3/c1-11-8-7-9-13(10-11)14(18)12(2)17-19-15(3,4)16(5,6)20-17/h7-10,12H,1-6H3. The van der Waals surface area contributed by atoms with Crippen molar-refractivity contribution >= 4 is 12.9 Å². The Morgan fingerprint density at radius 1 is 1.15 bits per heavy atom. The molecule has 3 nitrogen and oxygen atoms in total. The van der Waals surface area contributed by atoms with Crippen molar-refractivity contribution in [1.29, 1.82) is 0 Å². The summed E-state index contributed by atoms with van der Waals surface area (Å²) in [6, 6.07) is 7.64. The molecule has 0 amide bonds. The zero-order valence-electron chi connectivity index (χ0n) is 13.2. The van der Waals surface area contributed by atoms with Gasteiger partial charge in [0, 0.05) is 5.56 Å². The Labute approximate surface area is 121 Å². The molecule has 1 unspecified atom stereocenters. The van der Waals surface area contributed by atoms with Crippen LogP contribution in [0, 0.1) is 6.92 Å². The van der Waals surface area contributed by atoms with Crippen LogP contribution in [0.1, 0.15) is 50.5 Å². The van der Waals surface area contributed by atoms with Gasteiger partial charge in [0.25, 0.3) is 0 Å². The van der Waals surface area contributed by atoms with Gasteiger partial charge in [0.1, 0.15) is 0 Å². The first-order valence-corrected chi connectivity index (χ1v) is 7.10. The van der Waals surface area contributed by atoms with E-state index < -0.39 is 18.3 Å². The van der Waals surface area contributed by atoms with Crippen molar-refractivity contribution in [2.24, 2.45) is 0 Å². The van der Waals surface area contributed by atoms with Crippen LogP contribution in [0.15, 0.2) is 24.3 Å². The fourth-order valence-corrected chi connectivity index (χ4v) is 2.28. The van der Waals surface area contributed by atoms with E-state index in [9.17, 15) is 4.79 Å². The van der Waals surface area contributed by atoms with Crippen LogP contribution in [0.5, 0.6) is 0 Å². The second-order valence-corrected chi connectivity index (χ2v) is 6.65. The first-order chi connectivity index (χ1) is 9.14. The summed E-state index contributed by atoms with van der Waals surface area (Å²) >= 11 is 0. The summed E-state index contributed by atoms with van der Waals surface area (Å²) in [5, 5.41) is 0. The van der Waals surface area contributed by atoms with E-state index in [0.29, 0.717) is 5.56 Å². The average Bonchev–Trinajstić information content (AvgIpc) is 2.56. The number of rotatable bonds is 3. The van der Waals surface area contributed by atoms with Crippen LogP contribution < -0.4 is 0 Å². The maximum Gasteiger partial charge on any atom is 0.469 e. The highest BCUT2D eigenvalue weighted by atomic mass is 16.7. The van der Waals surface area contributed by atoms with Gasteiger partial charge < -0.3 is 9.31 Å².